The molecular weight excluding hydrogens is 250 g/mol. The number of hydrazine groups is 1. The summed E-state index contributed by atoms with van der Waals surface area (Å²) < 4.78 is 0. The fraction of sp³-hybridized carbons (Fsp3) is 0.462. The smallest absolute Gasteiger partial charge is 0.238 e. The molecule has 0 spiro atoms. The van der Waals surface area contributed by atoms with E-state index >= 15 is 0 Å². The van der Waals surface area contributed by atoms with E-state index in [4.69, 9.17) is 17.4 Å². The molecule has 0 radical (unpaired) electrons. The van der Waals surface area contributed by atoms with E-state index in [1.165, 1.54) is 0 Å². The highest BCUT2D eigenvalue weighted by Crippen LogP contribution is 2.15. The summed E-state index contributed by atoms with van der Waals surface area (Å²) in [5.74, 6) is 4.84. The van der Waals surface area contributed by atoms with Gasteiger partial charge in [-0.3, -0.25) is 15.1 Å². The van der Waals surface area contributed by atoms with E-state index in [-0.39, 0.29) is 17.9 Å². The first-order valence-corrected chi connectivity index (χ1v) is 6.28. The lowest BCUT2D eigenvalue weighted by Gasteiger charge is -2.28. The standard InChI is InChI=1S/C13H20ClN3O/c1-9(13(18)16-15)10(2)17(3)8-11-4-6-12(14)7-5-11/h4-7,9-10H,8,15H2,1-3H3,(H,16,18). The van der Waals surface area contributed by atoms with Crippen LogP contribution in [0.5, 0.6) is 0 Å². The van der Waals surface area contributed by atoms with Crippen molar-refractivity contribution in [1.82, 2.24) is 10.3 Å². The molecule has 2 unspecified atom stereocenters. The van der Waals surface area contributed by atoms with Crippen LogP contribution in [0, 0.1) is 5.92 Å². The second-order valence-corrected chi connectivity index (χ2v) is 5.02. The fourth-order valence-electron chi connectivity index (χ4n) is 1.75. The number of amides is 1. The summed E-state index contributed by atoms with van der Waals surface area (Å²) in [5.41, 5.74) is 3.35. The number of halogens is 1. The third-order valence-corrected chi connectivity index (χ3v) is 3.57. The van der Waals surface area contributed by atoms with Gasteiger partial charge in [0.25, 0.3) is 0 Å². The summed E-state index contributed by atoms with van der Waals surface area (Å²) in [7, 11) is 1.99. The molecule has 1 aromatic rings. The number of carbonyl (C=O) groups excluding carboxylic acids is 1. The van der Waals surface area contributed by atoms with Gasteiger partial charge in [-0.05, 0) is 31.7 Å². The van der Waals surface area contributed by atoms with Gasteiger partial charge in [0.2, 0.25) is 5.91 Å². The zero-order valence-corrected chi connectivity index (χ0v) is 11.7. The molecule has 0 heterocycles. The Hall–Kier alpha value is -1.10. The van der Waals surface area contributed by atoms with Crippen molar-refractivity contribution in [3.8, 4) is 0 Å². The Morgan fingerprint density at radius 3 is 2.44 bits per heavy atom. The lowest BCUT2D eigenvalue weighted by atomic mass is 10.0. The molecule has 0 aliphatic carbocycles. The van der Waals surface area contributed by atoms with Crippen molar-refractivity contribution in [3.05, 3.63) is 34.9 Å². The first-order chi connectivity index (χ1) is 8.45. The molecule has 0 saturated carbocycles. The minimum atomic E-state index is -0.160. The van der Waals surface area contributed by atoms with E-state index in [0.717, 1.165) is 17.1 Å². The molecule has 0 aliphatic heterocycles. The molecule has 100 valence electrons. The molecule has 5 heteroatoms. The van der Waals surface area contributed by atoms with Gasteiger partial charge in [-0.2, -0.15) is 0 Å². The minimum absolute atomic E-state index is 0.101. The van der Waals surface area contributed by atoms with Crippen molar-refractivity contribution in [2.75, 3.05) is 7.05 Å². The highest BCUT2D eigenvalue weighted by molar-refractivity contribution is 6.30. The minimum Gasteiger partial charge on any atom is -0.299 e. The normalized spacial score (nSPS) is 14.3. The Morgan fingerprint density at radius 2 is 1.94 bits per heavy atom. The van der Waals surface area contributed by atoms with Crippen LogP contribution in [0.15, 0.2) is 24.3 Å². The number of nitrogens with one attached hydrogen (secondary N) is 1. The molecule has 0 aromatic heterocycles. The summed E-state index contributed by atoms with van der Waals surface area (Å²) in [5, 5.41) is 0.727. The monoisotopic (exact) mass is 269 g/mol. The molecule has 1 aromatic carbocycles. The SMILES string of the molecule is CC(C(=O)NN)C(C)N(C)Cc1ccc(Cl)cc1. The van der Waals surface area contributed by atoms with Crippen LogP contribution in [0.25, 0.3) is 0 Å². The van der Waals surface area contributed by atoms with Crippen LogP contribution >= 0.6 is 11.6 Å². The molecule has 0 fully saturated rings. The van der Waals surface area contributed by atoms with Crippen LogP contribution in [0.4, 0.5) is 0 Å². The van der Waals surface area contributed by atoms with Gasteiger partial charge in [0.1, 0.15) is 0 Å². The Morgan fingerprint density at radius 1 is 1.39 bits per heavy atom. The maximum absolute atomic E-state index is 11.5. The van der Waals surface area contributed by atoms with Gasteiger partial charge in [0.15, 0.2) is 0 Å². The average molecular weight is 270 g/mol. The van der Waals surface area contributed by atoms with E-state index in [1.54, 1.807) is 0 Å². The second-order valence-electron chi connectivity index (χ2n) is 4.58. The number of hydrogen-bond acceptors (Lipinski definition) is 3. The fourth-order valence-corrected chi connectivity index (χ4v) is 1.88. The zero-order valence-electron chi connectivity index (χ0n) is 11.0. The maximum atomic E-state index is 11.5. The second kappa shape index (κ2) is 6.73. The summed E-state index contributed by atoms with van der Waals surface area (Å²) in [4.78, 5) is 13.6. The van der Waals surface area contributed by atoms with Crippen LogP contribution < -0.4 is 11.3 Å². The van der Waals surface area contributed by atoms with Crippen LogP contribution in [-0.4, -0.2) is 23.9 Å². The van der Waals surface area contributed by atoms with E-state index in [1.807, 2.05) is 45.2 Å². The van der Waals surface area contributed by atoms with Crippen molar-refractivity contribution >= 4 is 17.5 Å². The van der Waals surface area contributed by atoms with Crippen molar-refractivity contribution in [2.45, 2.75) is 26.4 Å². The summed E-state index contributed by atoms with van der Waals surface area (Å²) in [6.45, 7) is 4.64. The van der Waals surface area contributed by atoms with Crippen LogP contribution in [0.1, 0.15) is 19.4 Å². The molecule has 18 heavy (non-hydrogen) atoms. The predicted molar refractivity (Wildman–Crippen MR) is 73.9 cm³/mol. The van der Waals surface area contributed by atoms with Crippen LogP contribution in [0.2, 0.25) is 5.02 Å². The number of benzene rings is 1. The number of nitrogens with zero attached hydrogens (tertiary/aromatic N) is 1. The quantitative estimate of drug-likeness (QED) is 0.487. The van der Waals surface area contributed by atoms with Crippen molar-refractivity contribution < 1.29 is 4.79 Å². The molecule has 4 nitrogen and oxygen atoms in total. The van der Waals surface area contributed by atoms with Crippen molar-refractivity contribution in [1.29, 1.82) is 0 Å². The molecule has 3 N–H and O–H groups in total. The molecule has 0 aliphatic rings. The van der Waals surface area contributed by atoms with E-state index in [0.29, 0.717) is 0 Å². The molecule has 1 rings (SSSR count). The van der Waals surface area contributed by atoms with E-state index in [9.17, 15) is 4.79 Å². The third-order valence-electron chi connectivity index (χ3n) is 3.32. The van der Waals surface area contributed by atoms with Gasteiger partial charge in [-0.25, -0.2) is 5.84 Å². The molecule has 0 bridgehead atoms. The Labute approximate surface area is 113 Å². The van der Waals surface area contributed by atoms with Crippen molar-refractivity contribution in [3.63, 3.8) is 0 Å². The van der Waals surface area contributed by atoms with E-state index in [2.05, 4.69) is 10.3 Å². The number of nitrogens with two attached hydrogens (primary N) is 1. The Bertz CT molecular complexity index is 394. The van der Waals surface area contributed by atoms with Gasteiger partial charge in [0, 0.05) is 17.6 Å². The number of hydrogen-bond donors (Lipinski definition) is 2. The summed E-state index contributed by atoms with van der Waals surface area (Å²) in [6, 6.07) is 7.80. The van der Waals surface area contributed by atoms with Crippen LogP contribution in [-0.2, 0) is 11.3 Å². The number of rotatable bonds is 5. The Kier molecular flexibility index (Phi) is 5.59. The van der Waals surface area contributed by atoms with Gasteiger partial charge in [-0.1, -0.05) is 30.7 Å². The Balaban J connectivity index is 2.61. The average Bonchev–Trinajstić information content (AvgIpc) is 2.38. The van der Waals surface area contributed by atoms with Gasteiger partial charge < -0.3 is 0 Å². The number of carbonyl (C=O) groups is 1. The molecule has 2 atom stereocenters. The third kappa shape index (κ3) is 3.98. The first kappa shape index (κ1) is 15.0. The lowest BCUT2D eigenvalue weighted by molar-refractivity contribution is -0.126. The van der Waals surface area contributed by atoms with Gasteiger partial charge in [0.05, 0.1) is 5.92 Å². The topological polar surface area (TPSA) is 58.4 Å². The summed E-state index contributed by atoms with van der Waals surface area (Å²) >= 11 is 5.84. The zero-order chi connectivity index (χ0) is 13.7. The maximum Gasteiger partial charge on any atom is 0.238 e. The highest BCUT2D eigenvalue weighted by Gasteiger charge is 2.22. The molecular formula is C13H20ClN3O. The van der Waals surface area contributed by atoms with Crippen molar-refractivity contribution in [2.24, 2.45) is 11.8 Å². The van der Waals surface area contributed by atoms with E-state index < -0.39 is 0 Å². The largest absolute Gasteiger partial charge is 0.299 e. The first-order valence-electron chi connectivity index (χ1n) is 5.91. The molecule has 1 amide bonds. The summed E-state index contributed by atoms with van der Waals surface area (Å²) in [6.07, 6.45) is 0. The van der Waals surface area contributed by atoms with Gasteiger partial charge in [-0.15, -0.1) is 0 Å². The van der Waals surface area contributed by atoms with Crippen LogP contribution in [0.3, 0.4) is 0 Å². The highest BCUT2D eigenvalue weighted by atomic mass is 35.5. The predicted octanol–water partition coefficient (Wildman–Crippen LogP) is 1.79. The lowest BCUT2D eigenvalue weighted by Crippen LogP contribution is -2.44. The molecule has 0 saturated heterocycles. The van der Waals surface area contributed by atoms with Gasteiger partial charge >= 0.3 is 0 Å².